The van der Waals surface area contributed by atoms with Gasteiger partial charge in [-0.15, -0.1) is 0 Å². The summed E-state index contributed by atoms with van der Waals surface area (Å²) in [5, 5.41) is 9.67. The maximum Gasteiger partial charge on any atom is 0.271 e. The van der Waals surface area contributed by atoms with Gasteiger partial charge in [0, 0.05) is 38.3 Å². The van der Waals surface area contributed by atoms with Gasteiger partial charge in [-0.3, -0.25) is 19.6 Å². The Bertz CT molecular complexity index is 875. The molecule has 0 bridgehead atoms. The standard InChI is InChI=1S/C23H32N6O2/c24-21-15-20(26-27-21)23(31)28-13-9-19(10-14-28)29-12-4-7-18(16-29)22(30)25-11-8-17-5-2-1-3-6-17/h1-3,5-6,15,18-19H,4,7-14,16H2,(H,25,30)(H3,24,26,27)/t18-/m1/s1. The van der Waals surface area contributed by atoms with E-state index in [-0.39, 0.29) is 17.7 Å². The van der Waals surface area contributed by atoms with Gasteiger partial charge in [0.05, 0.1) is 5.92 Å². The molecule has 0 spiro atoms. The first-order valence-electron chi connectivity index (χ1n) is 11.3. The van der Waals surface area contributed by atoms with Gasteiger partial charge in [-0.05, 0) is 44.2 Å². The molecule has 2 aliphatic rings. The second-order valence-corrected chi connectivity index (χ2v) is 8.59. The van der Waals surface area contributed by atoms with E-state index in [4.69, 9.17) is 5.73 Å². The summed E-state index contributed by atoms with van der Waals surface area (Å²) in [7, 11) is 0. The minimum Gasteiger partial charge on any atom is -0.382 e. The zero-order chi connectivity index (χ0) is 21.6. The molecule has 1 atom stereocenters. The Balaban J connectivity index is 1.22. The summed E-state index contributed by atoms with van der Waals surface area (Å²) < 4.78 is 0. The fraction of sp³-hybridized carbons (Fsp3) is 0.522. The molecule has 8 heteroatoms. The van der Waals surface area contributed by atoms with Crippen molar-refractivity contribution in [2.45, 2.75) is 38.1 Å². The number of aromatic nitrogens is 2. The molecular formula is C23H32N6O2. The Hall–Kier alpha value is -2.87. The zero-order valence-electron chi connectivity index (χ0n) is 17.9. The van der Waals surface area contributed by atoms with Crippen LogP contribution in [0.3, 0.4) is 0 Å². The average Bonchev–Trinajstić information content (AvgIpc) is 3.25. The van der Waals surface area contributed by atoms with Crippen molar-refractivity contribution in [2.24, 2.45) is 5.92 Å². The number of hydrogen-bond acceptors (Lipinski definition) is 5. The smallest absolute Gasteiger partial charge is 0.271 e. The third-order valence-electron chi connectivity index (χ3n) is 6.48. The normalized spacial score (nSPS) is 20.5. The molecule has 0 radical (unpaired) electrons. The van der Waals surface area contributed by atoms with Crippen LogP contribution in [-0.2, 0) is 11.2 Å². The molecule has 0 aliphatic carbocycles. The molecule has 31 heavy (non-hydrogen) atoms. The van der Waals surface area contributed by atoms with E-state index in [0.29, 0.717) is 37.2 Å². The molecular weight excluding hydrogens is 392 g/mol. The van der Waals surface area contributed by atoms with Crippen LogP contribution in [0.1, 0.15) is 41.7 Å². The van der Waals surface area contributed by atoms with Crippen molar-refractivity contribution in [2.75, 3.05) is 38.5 Å². The molecule has 166 valence electrons. The van der Waals surface area contributed by atoms with Gasteiger partial charge in [-0.2, -0.15) is 5.10 Å². The number of nitrogens with zero attached hydrogens (tertiary/aromatic N) is 3. The van der Waals surface area contributed by atoms with Crippen LogP contribution >= 0.6 is 0 Å². The van der Waals surface area contributed by atoms with Crippen molar-refractivity contribution in [1.29, 1.82) is 0 Å². The van der Waals surface area contributed by atoms with E-state index in [2.05, 4.69) is 32.5 Å². The fourth-order valence-corrected chi connectivity index (χ4v) is 4.72. The molecule has 1 aromatic carbocycles. The van der Waals surface area contributed by atoms with Gasteiger partial charge in [0.1, 0.15) is 11.5 Å². The Morgan fingerprint density at radius 1 is 1.13 bits per heavy atom. The van der Waals surface area contributed by atoms with Crippen LogP contribution in [0.4, 0.5) is 5.82 Å². The number of H-pyrrole nitrogens is 1. The van der Waals surface area contributed by atoms with E-state index in [0.717, 1.165) is 45.2 Å². The van der Waals surface area contributed by atoms with Crippen molar-refractivity contribution in [3.63, 3.8) is 0 Å². The summed E-state index contributed by atoms with van der Waals surface area (Å²) in [4.78, 5) is 29.6. The van der Waals surface area contributed by atoms with E-state index in [1.807, 2.05) is 23.1 Å². The number of carbonyl (C=O) groups is 2. The molecule has 4 rings (SSSR count). The summed E-state index contributed by atoms with van der Waals surface area (Å²) >= 11 is 0. The Kier molecular flexibility index (Phi) is 6.86. The van der Waals surface area contributed by atoms with Gasteiger partial charge >= 0.3 is 0 Å². The summed E-state index contributed by atoms with van der Waals surface area (Å²) in [5.41, 5.74) is 7.30. The van der Waals surface area contributed by atoms with Crippen molar-refractivity contribution in [3.8, 4) is 0 Å². The third kappa shape index (κ3) is 5.44. The van der Waals surface area contributed by atoms with Crippen LogP contribution in [0.5, 0.6) is 0 Å². The van der Waals surface area contributed by atoms with Gasteiger partial charge in [0.2, 0.25) is 5.91 Å². The van der Waals surface area contributed by atoms with Gasteiger partial charge in [-0.1, -0.05) is 30.3 Å². The van der Waals surface area contributed by atoms with Gasteiger partial charge in [-0.25, -0.2) is 0 Å². The fourth-order valence-electron chi connectivity index (χ4n) is 4.72. The summed E-state index contributed by atoms with van der Waals surface area (Å²) in [6.45, 7) is 3.95. The van der Waals surface area contributed by atoms with Crippen molar-refractivity contribution in [3.05, 3.63) is 47.7 Å². The highest BCUT2D eigenvalue weighted by atomic mass is 16.2. The lowest BCUT2D eigenvalue weighted by Crippen LogP contribution is -2.51. The van der Waals surface area contributed by atoms with Gasteiger partial charge in [0.15, 0.2) is 0 Å². The number of carbonyl (C=O) groups excluding carboxylic acids is 2. The summed E-state index contributed by atoms with van der Waals surface area (Å²) in [5.74, 6) is 0.513. The lowest BCUT2D eigenvalue weighted by Gasteiger charge is -2.42. The average molecular weight is 425 g/mol. The van der Waals surface area contributed by atoms with E-state index in [1.54, 1.807) is 6.07 Å². The van der Waals surface area contributed by atoms with Gasteiger partial charge < -0.3 is 16.0 Å². The number of rotatable bonds is 6. The topological polar surface area (TPSA) is 107 Å². The minimum atomic E-state index is -0.0445. The number of anilines is 1. The van der Waals surface area contributed by atoms with Gasteiger partial charge in [0.25, 0.3) is 5.91 Å². The second kappa shape index (κ2) is 9.96. The highest BCUT2D eigenvalue weighted by Crippen LogP contribution is 2.24. The Morgan fingerprint density at radius 2 is 1.90 bits per heavy atom. The molecule has 2 aliphatic heterocycles. The first-order chi connectivity index (χ1) is 15.1. The molecule has 2 amide bonds. The van der Waals surface area contributed by atoms with Crippen molar-refractivity contribution in [1.82, 2.24) is 25.3 Å². The highest BCUT2D eigenvalue weighted by molar-refractivity contribution is 5.93. The Labute approximate surface area is 183 Å². The van der Waals surface area contributed by atoms with E-state index < -0.39 is 0 Å². The predicted molar refractivity (Wildman–Crippen MR) is 119 cm³/mol. The van der Waals surface area contributed by atoms with E-state index >= 15 is 0 Å². The number of nitrogens with one attached hydrogen (secondary N) is 2. The quantitative estimate of drug-likeness (QED) is 0.654. The molecule has 2 fully saturated rings. The molecule has 3 heterocycles. The maximum atomic E-state index is 12.7. The molecule has 0 unspecified atom stereocenters. The number of piperidine rings is 2. The van der Waals surface area contributed by atoms with Crippen LogP contribution in [0.25, 0.3) is 0 Å². The van der Waals surface area contributed by atoms with Crippen molar-refractivity contribution >= 4 is 17.6 Å². The van der Waals surface area contributed by atoms with Crippen LogP contribution in [0.2, 0.25) is 0 Å². The first kappa shape index (κ1) is 21.4. The number of nitrogens with two attached hydrogens (primary N) is 1. The second-order valence-electron chi connectivity index (χ2n) is 8.59. The molecule has 1 aromatic heterocycles. The molecule has 8 nitrogen and oxygen atoms in total. The SMILES string of the molecule is Nc1cc(C(=O)N2CCC(N3CCC[C@@H](C(=O)NCCc4ccccc4)C3)CC2)[nH]n1. The monoisotopic (exact) mass is 424 g/mol. The molecule has 0 saturated carbocycles. The number of amides is 2. The lowest BCUT2D eigenvalue weighted by atomic mass is 9.93. The van der Waals surface area contributed by atoms with Crippen LogP contribution < -0.4 is 11.1 Å². The van der Waals surface area contributed by atoms with Crippen LogP contribution in [-0.4, -0.2) is 70.6 Å². The molecule has 4 N–H and O–H groups in total. The van der Waals surface area contributed by atoms with E-state index in [1.165, 1.54) is 5.56 Å². The van der Waals surface area contributed by atoms with E-state index in [9.17, 15) is 9.59 Å². The summed E-state index contributed by atoms with van der Waals surface area (Å²) in [6.07, 6.45) is 4.71. The van der Waals surface area contributed by atoms with Crippen molar-refractivity contribution < 1.29 is 9.59 Å². The highest BCUT2D eigenvalue weighted by Gasteiger charge is 2.32. The number of nitrogen functional groups attached to an aromatic ring is 1. The third-order valence-corrected chi connectivity index (χ3v) is 6.48. The van der Waals surface area contributed by atoms with Crippen LogP contribution in [0.15, 0.2) is 36.4 Å². The number of aromatic amines is 1. The Morgan fingerprint density at radius 3 is 2.61 bits per heavy atom. The largest absolute Gasteiger partial charge is 0.382 e. The zero-order valence-corrected chi connectivity index (χ0v) is 17.9. The number of hydrogen-bond donors (Lipinski definition) is 3. The van der Waals surface area contributed by atoms with Crippen LogP contribution in [0, 0.1) is 5.92 Å². The number of benzene rings is 1. The predicted octanol–water partition coefficient (Wildman–Crippen LogP) is 1.67. The first-order valence-corrected chi connectivity index (χ1v) is 11.3. The maximum absolute atomic E-state index is 12.7. The number of likely N-dealkylation sites (tertiary alicyclic amines) is 2. The molecule has 2 aromatic rings. The lowest BCUT2D eigenvalue weighted by molar-refractivity contribution is -0.127. The summed E-state index contributed by atoms with van der Waals surface area (Å²) in [6, 6.07) is 12.3. The molecule has 2 saturated heterocycles. The minimum absolute atomic E-state index is 0.0445.